The first kappa shape index (κ1) is 11.2. The highest BCUT2D eigenvalue weighted by Crippen LogP contribution is 2.09. The van der Waals surface area contributed by atoms with E-state index in [1.54, 1.807) is 0 Å². The van der Waals surface area contributed by atoms with Crippen LogP contribution in [0, 0.1) is 0 Å². The third-order valence-electron chi connectivity index (χ3n) is 1.80. The molecule has 0 aliphatic carbocycles. The van der Waals surface area contributed by atoms with Gasteiger partial charge >= 0.3 is 0 Å². The minimum Gasteiger partial charge on any atom is -0.418 e. The summed E-state index contributed by atoms with van der Waals surface area (Å²) in [4.78, 5) is 0. The topological polar surface area (TPSA) is 9.23 Å². The summed E-state index contributed by atoms with van der Waals surface area (Å²) in [7, 11) is -0.789. The SMILES string of the molecule is CCCCC(CC)O[SiH](C)C. The minimum absolute atomic E-state index is 0.557. The van der Waals surface area contributed by atoms with E-state index < -0.39 is 9.04 Å². The van der Waals surface area contributed by atoms with Gasteiger partial charge in [-0.2, -0.15) is 0 Å². The van der Waals surface area contributed by atoms with E-state index in [1.165, 1.54) is 25.7 Å². The summed E-state index contributed by atoms with van der Waals surface area (Å²) >= 11 is 0. The molecular weight excluding hydrogens is 152 g/mol. The van der Waals surface area contributed by atoms with Crippen LogP contribution in [0.3, 0.4) is 0 Å². The van der Waals surface area contributed by atoms with Gasteiger partial charge < -0.3 is 4.43 Å². The van der Waals surface area contributed by atoms with Crippen molar-refractivity contribution in [2.45, 2.75) is 58.7 Å². The fourth-order valence-electron chi connectivity index (χ4n) is 1.19. The van der Waals surface area contributed by atoms with Gasteiger partial charge in [-0.3, -0.25) is 0 Å². The van der Waals surface area contributed by atoms with Crippen molar-refractivity contribution in [3.8, 4) is 0 Å². The molecule has 1 nitrogen and oxygen atoms in total. The average Bonchev–Trinajstić information content (AvgIpc) is 1.97. The Kier molecular flexibility index (Phi) is 6.97. The van der Waals surface area contributed by atoms with Crippen molar-refractivity contribution in [3.05, 3.63) is 0 Å². The van der Waals surface area contributed by atoms with Crippen LogP contribution in [-0.4, -0.2) is 15.1 Å². The van der Waals surface area contributed by atoms with E-state index in [-0.39, 0.29) is 0 Å². The van der Waals surface area contributed by atoms with Gasteiger partial charge in [-0.15, -0.1) is 0 Å². The van der Waals surface area contributed by atoms with Crippen molar-refractivity contribution in [1.82, 2.24) is 0 Å². The molecule has 1 unspecified atom stereocenters. The molecular formula is C9H22OSi. The maximum absolute atomic E-state index is 5.84. The molecule has 68 valence electrons. The lowest BCUT2D eigenvalue weighted by molar-refractivity contribution is 0.186. The first-order valence-corrected chi connectivity index (χ1v) is 7.64. The van der Waals surface area contributed by atoms with Crippen molar-refractivity contribution in [2.75, 3.05) is 0 Å². The molecule has 0 saturated carbocycles. The van der Waals surface area contributed by atoms with E-state index in [1.807, 2.05) is 0 Å². The normalized spacial score (nSPS) is 13.9. The van der Waals surface area contributed by atoms with Crippen LogP contribution < -0.4 is 0 Å². The molecule has 0 aliphatic heterocycles. The number of hydrogen-bond acceptors (Lipinski definition) is 1. The minimum atomic E-state index is -0.789. The lowest BCUT2D eigenvalue weighted by Gasteiger charge is -2.18. The summed E-state index contributed by atoms with van der Waals surface area (Å²) in [6.07, 6.45) is 5.62. The lowest BCUT2D eigenvalue weighted by Crippen LogP contribution is -2.19. The van der Waals surface area contributed by atoms with Gasteiger partial charge in [0.25, 0.3) is 0 Å². The summed E-state index contributed by atoms with van der Waals surface area (Å²) in [5.41, 5.74) is 0. The van der Waals surface area contributed by atoms with Crippen molar-refractivity contribution < 1.29 is 4.43 Å². The summed E-state index contributed by atoms with van der Waals surface area (Å²) < 4.78 is 5.84. The fraction of sp³-hybridized carbons (Fsp3) is 1.00. The number of hydrogen-bond donors (Lipinski definition) is 0. The quantitative estimate of drug-likeness (QED) is 0.563. The Labute approximate surface area is 72.9 Å². The van der Waals surface area contributed by atoms with Crippen LogP contribution in [-0.2, 0) is 4.43 Å². The molecule has 0 aliphatic rings. The fourth-order valence-corrected chi connectivity index (χ4v) is 2.28. The zero-order valence-corrected chi connectivity index (χ0v) is 9.55. The maximum atomic E-state index is 5.84. The Morgan fingerprint density at radius 3 is 2.27 bits per heavy atom. The van der Waals surface area contributed by atoms with E-state index >= 15 is 0 Å². The Hall–Kier alpha value is 0.177. The predicted octanol–water partition coefficient (Wildman–Crippen LogP) is 2.96. The molecule has 1 atom stereocenters. The Balaban J connectivity index is 3.41. The molecule has 0 aromatic heterocycles. The largest absolute Gasteiger partial charge is 0.418 e. The van der Waals surface area contributed by atoms with Crippen LogP contribution >= 0.6 is 0 Å². The Bertz CT molecular complexity index is 83.6. The van der Waals surface area contributed by atoms with Gasteiger partial charge in [0.05, 0.1) is 0 Å². The molecule has 0 saturated heterocycles. The van der Waals surface area contributed by atoms with Crippen molar-refractivity contribution in [3.63, 3.8) is 0 Å². The lowest BCUT2D eigenvalue weighted by atomic mass is 10.1. The number of unbranched alkanes of at least 4 members (excludes halogenated alkanes) is 1. The monoisotopic (exact) mass is 174 g/mol. The van der Waals surface area contributed by atoms with Crippen LogP contribution in [0.15, 0.2) is 0 Å². The molecule has 0 N–H and O–H groups in total. The van der Waals surface area contributed by atoms with E-state index in [0.29, 0.717) is 6.10 Å². The van der Waals surface area contributed by atoms with Gasteiger partial charge in [0, 0.05) is 6.10 Å². The molecule has 0 bridgehead atoms. The highest BCUT2D eigenvalue weighted by Gasteiger charge is 2.07. The molecule has 0 heterocycles. The molecule has 0 aromatic carbocycles. The second-order valence-electron chi connectivity index (χ2n) is 3.36. The standard InChI is InChI=1S/C9H22OSi/c1-5-7-8-9(6-2)10-11(3)4/h9,11H,5-8H2,1-4H3. The van der Waals surface area contributed by atoms with Crippen LogP contribution in [0.4, 0.5) is 0 Å². The second-order valence-corrected chi connectivity index (χ2v) is 5.73. The second kappa shape index (κ2) is 6.86. The predicted molar refractivity (Wildman–Crippen MR) is 53.6 cm³/mol. The maximum Gasteiger partial charge on any atom is 0.171 e. The molecule has 0 fully saturated rings. The molecule has 0 amide bonds. The van der Waals surface area contributed by atoms with Gasteiger partial charge in [-0.25, -0.2) is 0 Å². The van der Waals surface area contributed by atoms with Crippen LogP contribution in [0.5, 0.6) is 0 Å². The van der Waals surface area contributed by atoms with Crippen LogP contribution in [0.25, 0.3) is 0 Å². The first-order chi connectivity index (χ1) is 5.20. The van der Waals surface area contributed by atoms with Crippen molar-refractivity contribution in [1.29, 1.82) is 0 Å². The van der Waals surface area contributed by atoms with Gasteiger partial charge in [0.1, 0.15) is 0 Å². The Morgan fingerprint density at radius 2 is 1.91 bits per heavy atom. The molecule has 2 heteroatoms. The van der Waals surface area contributed by atoms with Crippen molar-refractivity contribution in [2.24, 2.45) is 0 Å². The summed E-state index contributed by atoms with van der Waals surface area (Å²) in [5, 5.41) is 0. The zero-order chi connectivity index (χ0) is 8.69. The average molecular weight is 174 g/mol. The molecule has 11 heavy (non-hydrogen) atoms. The van der Waals surface area contributed by atoms with Gasteiger partial charge in [-0.1, -0.05) is 26.7 Å². The number of rotatable bonds is 6. The van der Waals surface area contributed by atoms with Gasteiger partial charge in [0.2, 0.25) is 0 Å². The molecule has 0 radical (unpaired) electrons. The van der Waals surface area contributed by atoms with E-state index in [4.69, 9.17) is 4.43 Å². The zero-order valence-electron chi connectivity index (χ0n) is 8.39. The molecule has 0 spiro atoms. The Morgan fingerprint density at radius 1 is 1.27 bits per heavy atom. The van der Waals surface area contributed by atoms with E-state index in [2.05, 4.69) is 26.9 Å². The first-order valence-electron chi connectivity index (χ1n) is 4.86. The summed E-state index contributed by atoms with van der Waals surface area (Å²) in [5.74, 6) is 0. The molecule has 0 rings (SSSR count). The smallest absolute Gasteiger partial charge is 0.171 e. The van der Waals surface area contributed by atoms with Crippen molar-refractivity contribution >= 4 is 9.04 Å². The third kappa shape index (κ3) is 6.57. The highest BCUT2D eigenvalue weighted by atomic mass is 28.3. The third-order valence-corrected chi connectivity index (χ3v) is 2.73. The van der Waals surface area contributed by atoms with Gasteiger partial charge in [-0.05, 0) is 25.9 Å². The summed E-state index contributed by atoms with van der Waals surface area (Å²) in [6.45, 7) is 8.94. The molecule has 0 aromatic rings. The van der Waals surface area contributed by atoms with Gasteiger partial charge in [0.15, 0.2) is 9.04 Å². The van der Waals surface area contributed by atoms with Crippen LogP contribution in [0.1, 0.15) is 39.5 Å². The van der Waals surface area contributed by atoms with E-state index in [9.17, 15) is 0 Å². The van der Waals surface area contributed by atoms with E-state index in [0.717, 1.165) is 0 Å². The van der Waals surface area contributed by atoms with Crippen LogP contribution in [0.2, 0.25) is 13.1 Å². The highest BCUT2D eigenvalue weighted by molar-refractivity contribution is 6.48. The summed E-state index contributed by atoms with van der Waals surface area (Å²) in [6, 6.07) is 0.